The van der Waals surface area contributed by atoms with Crippen LogP contribution in [0.4, 0.5) is 0 Å². The van der Waals surface area contributed by atoms with Crippen LogP contribution < -0.4 is 14.2 Å². The molecule has 0 aliphatic carbocycles. The molecular weight excluding hydrogens is 725 g/mol. The minimum atomic E-state index is -3.95. The number of aromatic nitrogens is 3. The van der Waals surface area contributed by atoms with E-state index >= 15 is 0 Å². The average Bonchev–Trinajstić information content (AvgIpc) is 3.44. The third kappa shape index (κ3) is 9.27. The number of unbranched alkanes of at least 4 members (excludes halogenated alkanes) is 1. The number of hydrogen-bond donors (Lipinski definition) is 0. The number of sulfonamides is 1. The topological polar surface area (TPSA) is 131 Å². The molecule has 294 valence electrons. The second-order valence-electron chi connectivity index (χ2n) is 15.6. The summed E-state index contributed by atoms with van der Waals surface area (Å²) in [6.07, 6.45) is 1.34. The molecule has 12 nitrogen and oxygen atoms in total. The molecule has 0 saturated heterocycles. The summed E-state index contributed by atoms with van der Waals surface area (Å²) in [5.74, 6) is 0.648. The van der Waals surface area contributed by atoms with E-state index in [0.717, 1.165) is 40.6 Å². The number of hydrogen-bond acceptors (Lipinski definition) is 10. The highest BCUT2D eigenvalue weighted by Crippen LogP contribution is 2.39. The van der Waals surface area contributed by atoms with Gasteiger partial charge in [-0.3, -0.25) is 4.79 Å². The minimum Gasteiger partial charge on any atom is -0.494 e. The van der Waals surface area contributed by atoms with Crippen molar-refractivity contribution in [3.05, 3.63) is 70.8 Å². The summed E-state index contributed by atoms with van der Waals surface area (Å²) in [4.78, 5) is 13.1. The first-order valence-electron chi connectivity index (χ1n) is 18.6. The normalized spacial score (nSPS) is 16.7. The zero-order valence-electron chi connectivity index (χ0n) is 33.4. The van der Waals surface area contributed by atoms with Crippen molar-refractivity contribution in [1.82, 2.24) is 19.3 Å². The Balaban J connectivity index is 1.36. The van der Waals surface area contributed by atoms with Crippen molar-refractivity contribution < 1.29 is 36.6 Å². The Kier molecular flexibility index (Phi) is 12.8. The fourth-order valence-electron chi connectivity index (χ4n) is 6.36. The van der Waals surface area contributed by atoms with E-state index in [1.165, 1.54) is 4.31 Å². The lowest BCUT2D eigenvalue weighted by molar-refractivity contribution is -0.143. The molecule has 1 unspecified atom stereocenters. The van der Waals surface area contributed by atoms with E-state index in [4.69, 9.17) is 23.4 Å². The zero-order valence-corrected chi connectivity index (χ0v) is 35.2. The molecule has 0 fully saturated rings. The van der Waals surface area contributed by atoms with Crippen molar-refractivity contribution in [3.8, 4) is 17.2 Å². The summed E-state index contributed by atoms with van der Waals surface area (Å²) in [6, 6.07) is 14.6. The fraction of sp³-hybridized carbons (Fsp3) is 0.525. The second-order valence-corrected chi connectivity index (χ2v) is 22.3. The van der Waals surface area contributed by atoms with Gasteiger partial charge in [0, 0.05) is 32.2 Å². The zero-order chi connectivity index (χ0) is 39.4. The largest absolute Gasteiger partial charge is 0.494 e. The predicted molar refractivity (Wildman–Crippen MR) is 211 cm³/mol. The number of carbonyl (C=O) groups is 1. The molecule has 5 rings (SSSR count). The highest BCUT2D eigenvalue weighted by Gasteiger charge is 2.37. The van der Waals surface area contributed by atoms with Crippen LogP contribution in [0.2, 0.25) is 18.1 Å². The molecule has 1 aliphatic heterocycles. The summed E-state index contributed by atoms with van der Waals surface area (Å²) >= 11 is 0. The van der Waals surface area contributed by atoms with Crippen LogP contribution in [0.1, 0.15) is 82.1 Å². The van der Waals surface area contributed by atoms with Crippen molar-refractivity contribution >= 4 is 35.3 Å². The van der Waals surface area contributed by atoms with Crippen LogP contribution in [0, 0.1) is 6.92 Å². The first-order chi connectivity index (χ1) is 25.4. The number of methoxy groups -OCH3 is 1. The maximum Gasteiger partial charge on any atom is 0.306 e. The summed E-state index contributed by atoms with van der Waals surface area (Å²) in [5.41, 5.74) is 4.74. The molecule has 0 saturated carbocycles. The lowest BCUT2D eigenvalue weighted by atomic mass is 9.86. The molecule has 0 amide bonds. The molecule has 0 bridgehead atoms. The Bertz CT molecular complexity index is 2060. The second kappa shape index (κ2) is 16.8. The Morgan fingerprint density at radius 3 is 2.50 bits per heavy atom. The number of aryl methyl sites for hydroxylation is 2. The lowest BCUT2D eigenvalue weighted by Gasteiger charge is -2.36. The van der Waals surface area contributed by atoms with Crippen molar-refractivity contribution in [3.63, 3.8) is 0 Å². The Labute approximate surface area is 321 Å². The number of carbonyl (C=O) groups excluding carboxylic acids is 1. The highest BCUT2D eigenvalue weighted by molar-refractivity contribution is 7.89. The van der Waals surface area contributed by atoms with Gasteiger partial charge < -0.3 is 23.4 Å². The van der Waals surface area contributed by atoms with E-state index in [1.54, 1.807) is 44.0 Å². The van der Waals surface area contributed by atoms with Crippen molar-refractivity contribution in [2.45, 2.75) is 102 Å². The molecule has 54 heavy (non-hydrogen) atoms. The van der Waals surface area contributed by atoms with Gasteiger partial charge in [-0.15, -0.1) is 5.10 Å². The molecule has 14 heteroatoms. The monoisotopic (exact) mass is 780 g/mol. The molecule has 4 aromatic rings. The van der Waals surface area contributed by atoms with E-state index in [2.05, 4.69) is 44.2 Å². The first-order valence-corrected chi connectivity index (χ1v) is 23.0. The van der Waals surface area contributed by atoms with E-state index in [1.807, 2.05) is 44.2 Å². The van der Waals surface area contributed by atoms with Gasteiger partial charge in [0.05, 0.1) is 33.3 Å². The minimum absolute atomic E-state index is 0.0701. The van der Waals surface area contributed by atoms with Gasteiger partial charge in [-0.2, -0.15) is 4.31 Å². The van der Waals surface area contributed by atoms with Gasteiger partial charge >= 0.3 is 5.97 Å². The van der Waals surface area contributed by atoms with Gasteiger partial charge in [-0.1, -0.05) is 44.2 Å². The number of fused-ring (bicyclic) bond motifs is 2. The third-order valence-electron chi connectivity index (χ3n) is 10.5. The van der Waals surface area contributed by atoms with Crippen molar-refractivity contribution in [2.75, 3.05) is 33.5 Å². The van der Waals surface area contributed by atoms with Gasteiger partial charge in [0.25, 0.3) is 0 Å². The molecule has 1 aliphatic rings. The first kappa shape index (κ1) is 41.2. The van der Waals surface area contributed by atoms with Gasteiger partial charge in [0.2, 0.25) is 10.0 Å². The predicted octanol–water partition coefficient (Wildman–Crippen LogP) is 7.52. The van der Waals surface area contributed by atoms with E-state index in [-0.39, 0.29) is 47.8 Å². The van der Waals surface area contributed by atoms with Crippen LogP contribution in [-0.2, 0) is 37.6 Å². The van der Waals surface area contributed by atoms with Crippen LogP contribution in [0.15, 0.2) is 53.4 Å². The Hall–Kier alpha value is -3.98. The standard InChI is InChI=1S/C40H56N4O8SSi/c1-11-49-38(45)24-33(30-21-34-39(36(22-30)48-8)43(7)42-41-34)29-15-14-27(2)31(20-29)26-44-25-28(3)52-35-23-32(16-17-37(35)53(44,46)47)50-18-12-13-19-51-54(9,10)40(4,5)6/h14-17,20-23,28,33H,11-13,18-19,24-26H2,1-10H3/t28-,33?/m1/s1. The van der Waals surface area contributed by atoms with Gasteiger partial charge in [0.1, 0.15) is 39.3 Å². The molecule has 1 aromatic heterocycles. The van der Waals surface area contributed by atoms with Crippen LogP contribution in [0.3, 0.4) is 0 Å². The maximum atomic E-state index is 14.2. The van der Waals surface area contributed by atoms with Crippen molar-refractivity contribution in [1.29, 1.82) is 0 Å². The summed E-state index contributed by atoms with van der Waals surface area (Å²) < 4.78 is 61.2. The number of rotatable bonds is 15. The van der Waals surface area contributed by atoms with Gasteiger partial charge in [-0.25, -0.2) is 13.1 Å². The van der Waals surface area contributed by atoms with Gasteiger partial charge in [0.15, 0.2) is 8.32 Å². The van der Waals surface area contributed by atoms with Crippen LogP contribution in [0.25, 0.3) is 11.0 Å². The molecule has 2 atom stereocenters. The number of nitrogens with zero attached hydrogens (tertiary/aromatic N) is 4. The Morgan fingerprint density at radius 2 is 1.80 bits per heavy atom. The van der Waals surface area contributed by atoms with Crippen LogP contribution >= 0.6 is 0 Å². The smallest absolute Gasteiger partial charge is 0.306 e. The SMILES string of the molecule is CCOC(=O)CC(c1ccc(C)c(CN2C[C@@H](C)Oc3cc(OCCCCO[Si](C)(C)C(C)(C)C)ccc3S2(=O)=O)c1)c1cc(OC)c2c(c1)nnn2C. The quantitative estimate of drug-likeness (QED) is 0.0678. The van der Waals surface area contributed by atoms with Gasteiger partial charge in [-0.05, 0) is 98.3 Å². The van der Waals surface area contributed by atoms with Crippen LogP contribution in [0.5, 0.6) is 17.2 Å². The number of benzene rings is 3. The van der Waals surface area contributed by atoms with Crippen molar-refractivity contribution in [2.24, 2.45) is 7.05 Å². The average molecular weight is 781 g/mol. The lowest BCUT2D eigenvalue weighted by Crippen LogP contribution is -2.41. The highest BCUT2D eigenvalue weighted by atomic mass is 32.2. The summed E-state index contributed by atoms with van der Waals surface area (Å²) in [5, 5.41) is 8.62. The summed E-state index contributed by atoms with van der Waals surface area (Å²) in [7, 11) is -2.36. The van der Waals surface area contributed by atoms with E-state index in [0.29, 0.717) is 30.2 Å². The molecule has 2 heterocycles. The number of ether oxygens (including phenoxy) is 4. The summed E-state index contributed by atoms with van der Waals surface area (Å²) in [6.45, 7) is 18.5. The van der Waals surface area contributed by atoms with Crippen LogP contribution in [-0.4, -0.2) is 81.6 Å². The maximum absolute atomic E-state index is 14.2. The molecule has 0 N–H and O–H groups in total. The third-order valence-corrected chi connectivity index (χ3v) is 16.9. The Morgan fingerprint density at radius 1 is 1.06 bits per heavy atom. The molecule has 3 aromatic carbocycles. The van der Waals surface area contributed by atoms with E-state index in [9.17, 15) is 13.2 Å². The molecule has 0 spiro atoms. The molecular formula is C40H56N4O8SSi. The molecule has 0 radical (unpaired) electrons. The number of esters is 1. The van der Waals surface area contributed by atoms with E-state index < -0.39 is 30.4 Å². The fourth-order valence-corrected chi connectivity index (χ4v) is 9.05.